The first-order valence-electron chi connectivity index (χ1n) is 5.20. The third-order valence-electron chi connectivity index (χ3n) is 2.69. The summed E-state index contributed by atoms with van der Waals surface area (Å²) in [6.45, 7) is 0.812. The first kappa shape index (κ1) is 9.62. The summed E-state index contributed by atoms with van der Waals surface area (Å²) < 4.78 is 10.7. The molecular formula is C9H13N3O2S. The monoisotopic (exact) mass is 227 g/mol. The summed E-state index contributed by atoms with van der Waals surface area (Å²) in [6.07, 6.45) is 2.15. The molecule has 15 heavy (non-hydrogen) atoms. The fourth-order valence-corrected chi connectivity index (χ4v) is 2.79. The average molecular weight is 227 g/mol. The van der Waals surface area contributed by atoms with Crippen LogP contribution in [0.15, 0.2) is 4.52 Å². The number of nitrogens with one attached hydrogen (secondary N) is 1. The summed E-state index contributed by atoms with van der Waals surface area (Å²) in [6, 6.07) is 0.220. The van der Waals surface area contributed by atoms with Crippen LogP contribution in [-0.4, -0.2) is 28.4 Å². The molecule has 2 saturated heterocycles. The Balaban J connectivity index is 1.74. The second-order valence-electron chi connectivity index (χ2n) is 3.76. The first-order valence-corrected chi connectivity index (χ1v) is 6.35. The van der Waals surface area contributed by atoms with Gasteiger partial charge in [-0.05, 0) is 12.8 Å². The van der Waals surface area contributed by atoms with Crippen molar-refractivity contribution in [3.8, 4) is 0 Å². The van der Waals surface area contributed by atoms with E-state index < -0.39 is 0 Å². The van der Waals surface area contributed by atoms with E-state index in [1.54, 1.807) is 0 Å². The average Bonchev–Trinajstić information content (AvgIpc) is 3.02. The van der Waals surface area contributed by atoms with Crippen molar-refractivity contribution in [2.75, 3.05) is 18.2 Å². The molecule has 0 aromatic carbocycles. The zero-order valence-corrected chi connectivity index (χ0v) is 9.13. The molecular weight excluding hydrogens is 214 g/mol. The Morgan fingerprint density at radius 3 is 3.20 bits per heavy atom. The Morgan fingerprint density at radius 1 is 1.47 bits per heavy atom. The number of ether oxygens (including phenoxy) is 1. The lowest BCUT2D eigenvalue weighted by atomic mass is 10.2. The van der Waals surface area contributed by atoms with Crippen LogP contribution in [0.2, 0.25) is 0 Å². The van der Waals surface area contributed by atoms with Crippen molar-refractivity contribution >= 4 is 11.8 Å². The van der Waals surface area contributed by atoms with Crippen molar-refractivity contribution in [1.82, 2.24) is 15.5 Å². The van der Waals surface area contributed by atoms with E-state index in [0.29, 0.717) is 11.7 Å². The van der Waals surface area contributed by atoms with Crippen molar-refractivity contribution in [2.45, 2.75) is 25.0 Å². The summed E-state index contributed by atoms with van der Waals surface area (Å²) in [5.74, 6) is 3.38. The Labute approximate surface area is 91.9 Å². The summed E-state index contributed by atoms with van der Waals surface area (Å²) >= 11 is 1.85. The topological polar surface area (TPSA) is 60.2 Å². The fraction of sp³-hybridized carbons (Fsp3) is 0.778. The molecule has 2 fully saturated rings. The molecule has 0 bridgehead atoms. The molecule has 1 unspecified atom stereocenters. The van der Waals surface area contributed by atoms with E-state index in [0.717, 1.165) is 31.1 Å². The highest BCUT2D eigenvalue weighted by molar-refractivity contribution is 7.99. The highest BCUT2D eigenvalue weighted by Gasteiger charge is 2.27. The largest absolute Gasteiger partial charge is 0.370 e. The van der Waals surface area contributed by atoms with Gasteiger partial charge in [0.1, 0.15) is 6.10 Å². The molecule has 0 spiro atoms. The molecule has 2 atom stereocenters. The van der Waals surface area contributed by atoms with Crippen LogP contribution in [0.25, 0.3) is 0 Å². The maximum atomic E-state index is 5.50. The van der Waals surface area contributed by atoms with Gasteiger partial charge in [-0.3, -0.25) is 5.32 Å². The van der Waals surface area contributed by atoms with Crippen LogP contribution in [0.1, 0.15) is 36.7 Å². The van der Waals surface area contributed by atoms with E-state index in [9.17, 15) is 0 Å². The molecule has 2 aliphatic heterocycles. The van der Waals surface area contributed by atoms with Crippen LogP contribution in [-0.2, 0) is 4.74 Å². The molecule has 82 valence electrons. The molecule has 3 heterocycles. The van der Waals surface area contributed by atoms with E-state index in [1.807, 2.05) is 11.8 Å². The lowest BCUT2D eigenvalue weighted by Crippen LogP contribution is -2.15. The number of aromatic nitrogens is 2. The minimum atomic E-state index is 0.0524. The zero-order valence-electron chi connectivity index (χ0n) is 8.31. The summed E-state index contributed by atoms with van der Waals surface area (Å²) in [5, 5.41) is 7.29. The number of hydrogen-bond acceptors (Lipinski definition) is 6. The Bertz CT molecular complexity index is 301. The molecule has 3 rings (SSSR count). The standard InChI is InChI=1S/C9H13N3O2S/c1-2-7(13-3-1)8-11-9(14-12-8)6-4-15-5-10-6/h6-7,10H,1-5H2/t6-,7?/m1/s1. The number of hydrogen-bond donors (Lipinski definition) is 1. The molecule has 0 radical (unpaired) electrons. The van der Waals surface area contributed by atoms with Crippen LogP contribution in [0.3, 0.4) is 0 Å². The first-order chi connectivity index (χ1) is 7.43. The molecule has 0 aliphatic carbocycles. The Kier molecular flexibility index (Phi) is 2.64. The normalized spacial score (nSPS) is 31.2. The second kappa shape index (κ2) is 4.11. The zero-order chi connectivity index (χ0) is 10.1. The van der Waals surface area contributed by atoms with Gasteiger partial charge in [0.2, 0.25) is 11.7 Å². The minimum absolute atomic E-state index is 0.0524. The summed E-state index contributed by atoms with van der Waals surface area (Å²) in [7, 11) is 0. The molecule has 5 nitrogen and oxygen atoms in total. The van der Waals surface area contributed by atoms with E-state index in [2.05, 4.69) is 15.5 Å². The number of nitrogens with zero attached hydrogens (tertiary/aromatic N) is 2. The molecule has 1 aromatic heterocycles. The quantitative estimate of drug-likeness (QED) is 0.820. The fourth-order valence-electron chi connectivity index (χ4n) is 1.85. The van der Waals surface area contributed by atoms with Crippen LogP contribution < -0.4 is 5.32 Å². The van der Waals surface area contributed by atoms with Crippen LogP contribution in [0.4, 0.5) is 0 Å². The van der Waals surface area contributed by atoms with E-state index in [-0.39, 0.29) is 12.1 Å². The summed E-state index contributed by atoms with van der Waals surface area (Å²) in [5.41, 5.74) is 0. The van der Waals surface area contributed by atoms with Crippen LogP contribution in [0.5, 0.6) is 0 Å². The Morgan fingerprint density at radius 2 is 2.47 bits per heavy atom. The van der Waals surface area contributed by atoms with Crippen LogP contribution >= 0.6 is 11.8 Å². The number of rotatable bonds is 2. The molecule has 1 aromatic rings. The molecule has 6 heteroatoms. The maximum Gasteiger partial charge on any atom is 0.244 e. The van der Waals surface area contributed by atoms with Crippen LogP contribution in [0, 0.1) is 0 Å². The molecule has 2 aliphatic rings. The highest BCUT2D eigenvalue weighted by Crippen LogP contribution is 2.28. The Hall–Kier alpha value is -0.590. The predicted molar refractivity (Wildman–Crippen MR) is 55.4 cm³/mol. The SMILES string of the molecule is C1COC(c2noc([C@H]3CSCN3)n2)C1. The van der Waals surface area contributed by atoms with Gasteiger partial charge in [0.05, 0.1) is 6.04 Å². The van der Waals surface area contributed by atoms with E-state index in [4.69, 9.17) is 9.26 Å². The van der Waals surface area contributed by atoms with Crippen molar-refractivity contribution in [3.63, 3.8) is 0 Å². The van der Waals surface area contributed by atoms with Crippen molar-refractivity contribution in [2.24, 2.45) is 0 Å². The maximum absolute atomic E-state index is 5.50. The van der Waals surface area contributed by atoms with Crippen molar-refractivity contribution in [3.05, 3.63) is 11.7 Å². The summed E-state index contributed by atoms with van der Waals surface area (Å²) in [4.78, 5) is 4.40. The van der Waals surface area contributed by atoms with Gasteiger partial charge in [-0.15, -0.1) is 11.8 Å². The predicted octanol–water partition coefficient (Wildman–Crippen LogP) is 1.26. The lowest BCUT2D eigenvalue weighted by Gasteiger charge is -2.02. The van der Waals surface area contributed by atoms with Gasteiger partial charge in [0, 0.05) is 18.2 Å². The van der Waals surface area contributed by atoms with Gasteiger partial charge in [-0.1, -0.05) is 5.16 Å². The highest BCUT2D eigenvalue weighted by atomic mass is 32.2. The van der Waals surface area contributed by atoms with E-state index >= 15 is 0 Å². The third kappa shape index (κ3) is 1.89. The van der Waals surface area contributed by atoms with Crippen molar-refractivity contribution in [1.29, 1.82) is 0 Å². The van der Waals surface area contributed by atoms with Crippen molar-refractivity contribution < 1.29 is 9.26 Å². The smallest absolute Gasteiger partial charge is 0.244 e. The van der Waals surface area contributed by atoms with Gasteiger partial charge in [0.15, 0.2) is 0 Å². The lowest BCUT2D eigenvalue weighted by molar-refractivity contribution is 0.103. The second-order valence-corrected chi connectivity index (χ2v) is 4.79. The molecule has 0 amide bonds. The van der Waals surface area contributed by atoms with Gasteiger partial charge >= 0.3 is 0 Å². The molecule has 1 N–H and O–H groups in total. The van der Waals surface area contributed by atoms with Gasteiger partial charge in [0.25, 0.3) is 0 Å². The van der Waals surface area contributed by atoms with Gasteiger partial charge in [-0.25, -0.2) is 0 Å². The van der Waals surface area contributed by atoms with Gasteiger partial charge < -0.3 is 9.26 Å². The minimum Gasteiger partial charge on any atom is -0.370 e. The number of thioether (sulfide) groups is 1. The van der Waals surface area contributed by atoms with Gasteiger partial charge in [-0.2, -0.15) is 4.98 Å². The third-order valence-corrected chi connectivity index (χ3v) is 3.63. The van der Waals surface area contributed by atoms with E-state index in [1.165, 1.54) is 0 Å². The molecule has 0 saturated carbocycles.